The van der Waals surface area contributed by atoms with Crippen molar-refractivity contribution in [3.8, 4) is 0 Å². The fourth-order valence-corrected chi connectivity index (χ4v) is 4.06. The zero-order chi connectivity index (χ0) is 17.7. The zero-order valence-corrected chi connectivity index (χ0v) is 14.0. The number of esters is 1. The minimum Gasteiger partial charge on any atom is -0.456 e. The number of hydrogen-bond acceptors (Lipinski definition) is 4. The molecule has 0 N–H and O–H groups in total. The van der Waals surface area contributed by atoms with Crippen LogP contribution in [0.15, 0.2) is 0 Å². The molecule has 0 spiro atoms. The molecule has 1 aromatic heterocycles. The Morgan fingerprint density at radius 2 is 2.12 bits per heavy atom. The van der Waals surface area contributed by atoms with Gasteiger partial charge in [0.05, 0.1) is 12.6 Å². The van der Waals surface area contributed by atoms with Gasteiger partial charge in [-0.1, -0.05) is 0 Å². The number of alkyl halides is 2. The third-order valence-electron chi connectivity index (χ3n) is 5.21. The minimum atomic E-state index is -2.82. The summed E-state index contributed by atoms with van der Waals surface area (Å²) >= 11 is 0. The molecule has 0 bridgehead atoms. The topological polar surface area (TPSA) is 67.7 Å². The molecule has 0 unspecified atom stereocenters. The molecule has 0 aromatic carbocycles. The molecule has 0 aliphatic carbocycles. The predicted octanol–water partition coefficient (Wildman–Crippen LogP) is 1.82. The molecule has 3 aliphatic rings. The number of nitrogens with zero attached hydrogens (tertiary/aromatic N) is 4. The van der Waals surface area contributed by atoms with Crippen LogP contribution in [0.1, 0.15) is 47.7 Å². The molecule has 2 amide bonds. The lowest BCUT2D eigenvalue weighted by atomic mass is 10.1. The fraction of sp³-hybridized carbons (Fsp3) is 0.688. The van der Waals surface area contributed by atoms with Gasteiger partial charge in [-0.3, -0.25) is 0 Å². The molecule has 7 nitrogen and oxygen atoms in total. The van der Waals surface area contributed by atoms with Crippen molar-refractivity contribution < 1.29 is 23.1 Å². The van der Waals surface area contributed by atoms with E-state index >= 15 is 0 Å². The van der Waals surface area contributed by atoms with Crippen molar-refractivity contribution in [3.05, 3.63) is 17.2 Å². The number of rotatable bonds is 3. The molecular formula is C16H20F2N4O3. The van der Waals surface area contributed by atoms with E-state index in [4.69, 9.17) is 4.74 Å². The largest absolute Gasteiger partial charge is 0.456 e. The van der Waals surface area contributed by atoms with Crippen LogP contribution in [0.2, 0.25) is 0 Å². The van der Waals surface area contributed by atoms with Crippen LogP contribution in [0.3, 0.4) is 0 Å². The number of likely N-dealkylation sites (N-methyl/N-ethyl adjacent to an activating group) is 1. The summed E-state index contributed by atoms with van der Waals surface area (Å²) in [4.78, 5) is 31.8. The predicted molar refractivity (Wildman–Crippen MR) is 82.5 cm³/mol. The van der Waals surface area contributed by atoms with Gasteiger partial charge in [-0.05, 0) is 12.8 Å². The average Bonchev–Trinajstić information content (AvgIpc) is 3.21. The number of urea groups is 1. The molecular weight excluding hydrogens is 334 g/mol. The van der Waals surface area contributed by atoms with Gasteiger partial charge in [0.1, 0.15) is 17.6 Å². The van der Waals surface area contributed by atoms with E-state index in [1.54, 1.807) is 21.4 Å². The second-order valence-electron chi connectivity index (χ2n) is 6.90. The number of carbonyl (C=O) groups is 2. The highest BCUT2D eigenvalue weighted by atomic mass is 19.3. The van der Waals surface area contributed by atoms with E-state index in [1.165, 1.54) is 0 Å². The van der Waals surface area contributed by atoms with Gasteiger partial charge >= 0.3 is 12.0 Å². The van der Waals surface area contributed by atoms with Crippen LogP contribution in [0.5, 0.6) is 0 Å². The van der Waals surface area contributed by atoms with E-state index in [9.17, 15) is 18.4 Å². The maximum Gasteiger partial charge on any atom is 0.357 e. The average molecular weight is 354 g/mol. The van der Waals surface area contributed by atoms with E-state index in [2.05, 4.69) is 4.98 Å². The molecule has 4 heterocycles. The van der Waals surface area contributed by atoms with Crippen LogP contribution < -0.4 is 0 Å². The van der Waals surface area contributed by atoms with Crippen molar-refractivity contribution in [1.82, 2.24) is 19.4 Å². The highest BCUT2D eigenvalue weighted by Crippen LogP contribution is 2.30. The van der Waals surface area contributed by atoms with Crippen molar-refractivity contribution in [2.75, 3.05) is 20.1 Å². The van der Waals surface area contributed by atoms with Crippen molar-refractivity contribution in [2.45, 2.75) is 50.8 Å². The first-order valence-corrected chi connectivity index (χ1v) is 8.56. The van der Waals surface area contributed by atoms with Gasteiger partial charge < -0.3 is 19.1 Å². The Morgan fingerprint density at radius 3 is 2.84 bits per heavy atom. The molecule has 136 valence electrons. The number of hydrogen-bond donors (Lipinski definition) is 0. The van der Waals surface area contributed by atoms with E-state index in [-0.39, 0.29) is 17.8 Å². The summed E-state index contributed by atoms with van der Waals surface area (Å²) in [6, 6.07) is -0.0669. The number of fused-ring (bicyclic) bond motifs is 2. The molecule has 0 radical (unpaired) electrons. The Bertz CT molecular complexity index is 720. The first-order valence-electron chi connectivity index (χ1n) is 8.56. The summed E-state index contributed by atoms with van der Waals surface area (Å²) in [6.07, 6.45) is -0.451. The van der Waals surface area contributed by atoms with Crippen LogP contribution >= 0.6 is 0 Å². The van der Waals surface area contributed by atoms with Gasteiger partial charge in [-0.2, -0.15) is 0 Å². The zero-order valence-electron chi connectivity index (χ0n) is 14.0. The summed E-state index contributed by atoms with van der Waals surface area (Å²) < 4.78 is 33.7. The number of carbonyl (C=O) groups excluding carboxylic acids is 2. The molecule has 2 fully saturated rings. The van der Waals surface area contributed by atoms with Crippen LogP contribution in [-0.4, -0.2) is 63.6 Å². The third-order valence-corrected chi connectivity index (χ3v) is 5.21. The van der Waals surface area contributed by atoms with Gasteiger partial charge in [0, 0.05) is 33.0 Å². The molecule has 3 aliphatic heterocycles. The quantitative estimate of drug-likeness (QED) is 0.777. The Hall–Kier alpha value is -2.19. The van der Waals surface area contributed by atoms with Crippen LogP contribution in [-0.2, 0) is 17.7 Å². The summed E-state index contributed by atoms with van der Waals surface area (Å²) in [6.45, 7) is 1.41. The van der Waals surface area contributed by atoms with Crippen LogP contribution in [0.25, 0.3) is 0 Å². The second-order valence-corrected chi connectivity index (χ2v) is 6.90. The number of ether oxygens (including phenoxy) is 1. The monoisotopic (exact) mass is 354 g/mol. The van der Waals surface area contributed by atoms with Gasteiger partial charge in [0.2, 0.25) is 0 Å². The fourth-order valence-electron chi connectivity index (χ4n) is 4.06. The number of imidazole rings is 1. The molecule has 2 atom stereocenters. The third kappa shape index (κ3) is 2.65. The van der Waals surface area contributed by atoms with Crippen molar-refractivity contribution in [1.29, 1.82) is 0 Å². The summed E-state index contributed by atoms with van der Waals surface area (Å²) in [5, 5.41) is 0. The molecule has 0 saturated carbocycles. The van der Waals surface area contributed by atoms with Crippen LogP contribution in [0, 0.1) is 0 Å². The summed E-state index contributed by atoms with van der Waals surface area (Å²) in [5.74, 6) is -0.236. The van der Waals surface area contributed by atoms with Crippen molar-refractivity contribution in [2.24, 2.45) is 0 Å². The maximum absolute atomic E-state index is 13.3. The van der Waals surface area contributed by atoms with E-state index in [0.29, 0.717) is 38.3 Å². The molecule has 2 saturated heterocycles. The lowest BCUT2D eigenvalue weighted by Crippen LogP contribution is -2.33. The van der Waals surface area contributed by atoms with Crippen molar-refractivity contribution in [3.63, 3.8) is 0 Å². The van der Waals surface area contributed by atoms with Gasteiger partial charge in [0.25, 0.3) is 6.43 Å². The lowest BCUT2D eigenvalue weighted by Gasteiger charge is -2.18. The number of aromatic nitrogens is 2. The van der Waals surface area contributed by atoms with Gasteiger partial charge in [-0.25, -0.2) is 23.4 Å². The Labute approximate surface area is 143 Å². The van der Waals surface area contributed by atoms with E-state index in [1.807, 2.05) is 0 Å². The number of halogens is 2. The second kappa shape index (κ2) is 5.96. The molecule has 25 heavy (non-hydrogen) atoms. The highest BCUT2D eigenvalue weighted by Gasteiger charge is 2.44. The summed E-state index contributed by atoms with van der Waals surface area (Å²) in [5.41, 5.74) is -0.614. The Balaban J connectivity index is 1.53. The van der Waals surface area contributed by atoms with Crippen molar-refractivity contribution >= 4 is 12.0 Å². The molecule has 1 aromatic rings. The number of amides is 2. The summed E-state index contributed by atoms with van der Waals surface area (Å²) in [7, 11) is 1.73. The Morgan fingerprint density at radius 1 is 1.32 bits per heavy atom. The SMILES string of the molecule is CN1C[C@@H]2C[C@@H](OC(=O)c3c(C(F)F)nc4n3CCCC4)CN2C1=O. The maximum atomic E-state index is 13.3. The van der Waals surface area contributed by atoms with Gasteiger partial charge in [-0.15, -0.1) is 0 Å². The first-order chi connectivity index (χ1) is 12.0. The lowest BCUT2D eigenvalue weighted by molar-refractivity contribution is 0.0297. The number of aryl methyl sites for hydroxylation is 1. The smallest absolute Gasteiger partial charge is 0.357 e. The molecule has 9 heteroatoms. The normalized spacial score (nSPS) is 25.5. The minimum absolute atomic E-state index is 0.0178. The first kappa shape index (κ1) is 16.3. The Kier molecular flexibility index (Phi) is 3.88. The van der Waals surface area contributed by atoms with Crippen LogP contribution in [0.4, 0.5) is 13.6 Å². The van der Waals surface area contributed by atoms with E-state index in [0.717, 1.165) is 12.8 Å². The standard InChI is InChI=1S/C16H20F2N4O3/c1-20-7-9-6-10(8-22(9)16(20)24)25-15(23)13-12(14(17)18)19-11-4-2-3-5-21(11)13/h9-10,14H,2-8H2,1H3/t9-,10+/m0/s1. The molecule has 4 rings (SSSR count). The van der Waals surface area contributed by atoms with Gasteiger partial charge in [0.15, 0.2) is 5.69 Å². The van der Waals surface area contributed by atoms with E-state index < -0.39 is 24.2 Å². The highest BCUT2D eigenvalue weighted by molar-refractivity contribution is 5.89.